The van der Waals surface area contributed by atoms with Gasteiger partial charge in [0.15, 0.2) is 0 Å². The molecule has 0 aliphatic carbocycles. The number of carbonyl (C=O) groups excluding carboxylic acids is 3. The highest BCUT2D eigenvalue weighted by molar-refractivity contribution is 6.52. The molecule has 6 heteroatoms. The van der Waals surface area contributed by atoms with Crippen LogP contribution in [0.5, 0.6) is 0 Å². The number of methoxy groups -OCH3 is 1. The number of Topliss-reactive ketones (excluding diaryl/α,β-unsaturated/α-hetero) is 1. The highest BCUT2D eigenvalue weighted by atomic mass is 35.5. The number of esters is 1. The van der Waals surface area contributed by atoms with Crippen molar-refractivity contribution < 1.29 is 19.1 Å². The zero-order valence-corrected chi connectivity index (χ0v) is 12.2. The molecule has 0 atom stereocenters. The Balaban J connectivity index is 2.39. The summed E-state index contributed by atoms with van der Waals surface area (Å²) < 4.78 is 4.71. The van der Waals surface area contributed by atoms with E-state index in [1.807, 2.05) is 0 Å². The first kappa shape index (κ1) is 14.5. The van der Waals surface area contributed by atoms with Crippen LogP contribution < -0.4 is 4.90 Å². The Morgan fingerprint density at radius 3 is 2.60 bits per heavy atom. The van der Waals surface area contributed by atoms with Crippen molar-refractivity contribution in [3.63, 3.8) is 0 Å². The van der Waals surface area contributed by atoms with Crippen LogP contribution in [0.4, 0.5) is 5.69 Å². The van der Waals surface area contributed by atoms with Crippen molar-refractivity contribution in [3.8, 4) is 0 Å². The van der Waals surface area contributed by atoms with Crippen LogP contribution in [-0.2, 0) is 14.3 Å². The molecule has 0 saturated heterocycles. The highest BCUT2D eigenvalue weighted by Crippen LogP contribution is 2.34. The number of amides is 1. The van der Waals surface area contributed by atoms with Gasteiger partial charge in [0, 0.05) is 11.6 Å². The van der Waals surface area contributed by atoms with Crippen LogP contribution >= 0.6 is 11.6 Å². The van der Waals surface area contributed by atoms with Gasteiger partial charge in [0.1, 0.15) is 0 Å². The zero-order chi connectivity index (χ0) is 15.1. The van der Waals surface area contributed by atoms with Gasteiger partial charge in [-0.2, -0.15) is 0 Å². The molecule has 0 saturated carbocycles. The Morgan fingerprint density at radius 2 is 2.00 bits per heavy atom. The lowest BCUT2D eigenvalue weighted by Gasteiger charge is -2.27. The Morgan fingerprint density at radius 1 is 1.35 bits per heavy atom. The van der Waals surface area contributed by atoms with Crippen molar-refractivity contribution in [2.45, 2.75) is 13.8 Å². The molecular weight excluding hydrogens is 282 g/mol. The van der Waals surface area contributed by atoms with Gasteiger partial charge in [-0.25, -0.2) is 0 Å². The summed E-state index contributed by atoms with van der Waals surface area (Å²) in [5.41, 5.74) is -0.182. The summed E-state index contributed by atoms with van der Waals surface area (Å²) in [5.74, 6) is -1.69. The summed E-state index contributed by atoms with van der Waals surface area (Å²) in [5, 5.41) is 0.423. The smallest absolute Gasteiger partial charge is 0.313 e. The van der Waals surface area contributed by atoms with Crippen LogP contribution in [0.1, 0.15) is 24.2 Å². The minimum absolute atomic E-state index is 0.0532. The molecule has 1 aliphatic rings. The summed E-state index contributed by atoms with van der Waals surface area (Å²) in [4.78, 5) is 36.9. The third kappa shape index (κ3) is 2.29. The SMILES string of the molecule is COC(=O)C(C)(C)CN1C(=O)C(=O)c2ccc(Cl)cc21. The van der Waals surface area contributed by atoms with Gasteiger partial charge in [0.25, 0.3) is 11.7 Å². The van der Waals surface area contributed by atoms with Gasteiger partial charge in [0.05, 0.1) is 23.8 Å². The number of carbonyl (C=O) groups is 3. The third-order valence-corrected chi connectivity index (χ3v) is 3.46. The maximum Gasteiger partial charge on any atom is 0.313 e. The number of hydrogen-bond donors (Lipinski definition) is 0. The average Bonchev–Trinajstić information content (AvgIpc) is 2.62. The molecule has 1 amide bonds. The third-order valence-electron chi connectivity index (χ3n) is 3.23. The summed E-state index contributed by atoms with van der Waals surface area (Å²) in [6, 6.07) is 4.62. The fourth-order valence-electron chi connectivity index (χ4n) is 2.16. The monoisotopic (exact) mass is 295 g/mol. The average molecular weight is 296 g/mol. The molecule has 2 rings (SSSR count). The molecule has 0 N–H and O–H groups in total. The van der Waals surface area contributed by atoms with E-state index < -0.39 is 23.1 Å². The summed E-state index contributed by atoms with van der Waals surface area (Å²) in [6.07, 6.45) is 0. The first-order chi connectivity index (χ1) is 9.27. The number of fused-ring (bicyclic) bond motifs is 1. The second kappa shape index (κ2) is 4.90. The van der Waals surface area contributed by atoms with Crippen LogP contribution in [-0.4, -0.2) is 31.3 Å². The van der Waals surface area contributed by atoms with Crippen molar-refractivity contribution >= 4 is 34.9 Å². The minimum Gasteiger partial charge on any atom is -0.469 e. The largest absolute Gasteiger partial charge is 0.469 e. The van der Waals surface area contributed by atoms with Crippen molar-refractivity contribution in [1.82, 2.24) is 0 Å². The van der Waals surface area contributed by atoms with E-state index in [0.717, 1.165) is 0 Å². The topological polar surface area (TPSA) is 63.7 Å². The lowest BCUT2D eigenvalue weighted by Crippen LogP contribution is -2.42. The summed E-state index contributed by atoms with van der Waals surface area (Å²) in [7, 11) is 1.28. The predicted octanol–water partition coefficient (Wildman–Crippen LogP) is 2.07. The van der Waals surface area contributed by atoms with Gasteiger partial charge >= 0.3 is 5.97 Å². The van der Waals surface area contributed by atoms with Gasteiger partial charge < -0.3 is 9.64 Å². The number of benzene rings is 1. The normalized spacial score (nSPS) is 14.5. The van der Waals surface area contributed by atoms with Crippen molar-refractivity contribution in [2.24, 2.45) is 5.41 Å². The molecule has 1 aliphatic heterocycles. The fraction of sp³-hybridized carbons (Fsp3) is 0.357. The minimum atomic E-state index is -0.922. The van der Waals surface area contributed by atoms with E-state index in [9.17, 15) is 14.4 Å². The van der Waals surface area contributed by atoms with Crippen molar-refractivity contribution in [3.05, 3.63) is 28.8 Å². The molecule has 1 aromatic carbocycles. The molecule has 106 valence electrons. The van der Waals surface area contributed by atoms with Crippen LogP contribution in [0.25, 0.3) is 0 Å². The van der Waals surface area contributed by atoms with E-state index in [2.05, 4.69) is 0 Å². The molecule has 1 aromatic rings. The second-order valence-corrected chi connectivity index (χ2v) is 5.69. The number of ether oxygens (including phenoxy) is 1. The lowest BCUT2D eigenvalue weighted by atomic mass is 9.93. The van der Waals surface area contributed by atoms with E-state index in [0.29, 0.717) is 16.3 Å². The second-order valence-electron chi connectivity index (χ2n) is 5.26. The Kier molecular flexibility index (Phi) is 3.56. The Hall–Kier alpha value is -1.88. The summed E-state index contributed by atoms with van der Waals surface area (Å²) in [6.45, 7) is 3.36. The number of hydrogen-bond acceptors (Lipinski definition) is 4. The molecule has 0 bridgehead atoms. The van der Waals surface area contributed by atoms with Gasteiger partial charge in [-0.1, -0.05) is 11.6 Å². The van der Waals surface area contributed by atoms with E-state index >= 15 is 0 Å². The first-order valence-corrected chi connectivity index (χ1v) is 6.40. The lowest BCUT2D eigenvalue weighted by molar-refractivity contribution is -0.150. The van der Waals surface area contributed by atoms with Crippen LogP contribution in [0.15, 0.2) is 18.2 Å². The molecule has 0 unspecified atom stereocenters. The molecule has 20 heavy (non-hydrogen) atoms. The maximum atomic E-state index is 12.0. The zero-order valence-electron chi connectivity index (χ0n) is 11.4. The molecule has 0 aromatic heterocycles. The van der Waals surface area contributed by atoms with Crippen LogP contribution in [0, 0.1) is 5.41 Å². The van der Waals surface area contributed by atoms with E-state index in [1.165, 1.54) is 18.1 Å². The maximum absolute atomic E-state index is 12.0. The number of nitrogens with zero attached hydrogens (tertiary/aromatic N) is 1. The molecule has 0 radical (unpaired) electrons. The van der Waals surface area contributed by atoms with E-state index in [1.54, 1.807) is 26.0 Å². The molecule has 0 spiro atoms. The molecule has 0 fully saturated rings. The van der Waals surface area contributed by atoms with Gasteiger partial charge in [-0.3, -0.25) is 14.4 Å². The summed E-state index contributed by atoms with van der Waals surface area (Å²) >= 11 is 5.90. The van der Waals surface area contributed by atoms with Gasteiger partial charge in [-0.05, 0) is 32.0 Å². The highest BCUT2D eigenvalue weighted by Gasteiger charge is 2.41. The van der Waals surface area contributed by atoms with E-state index in [4.69, 9.17) is 16.3 Å². The van der Waals surface area contributed by atoms with Gasteiger partial charge in [0.2, 0.25) is 0 Å². The van der Waals surface area contributed by atoms with Crippen molar-refractivity contribution in [1.29, 1.82) is 0 Å². The molecular formula is C14H14ClNO4. The number of halogens is 1. The Labute approximate surface area is 121 Å². The standard InChI is InChI=1S/C14H14ClNO4/c1-14(2,13(19)20-3)7-16-10-6-8(15)4-5-9(10)11(17)12(16)18/h4-6H,7H2,1-3H3. The Bertz CT molecular complexity index is 609. The quantitative estimate of drug-likeness (QED) is 0.632. The first-order valence-electron chi connectivity index (χ1n) is 6.02. The predicted molar refractivity (Wildman–Crippen MR) is 73.9 cm³/mol. The molecule has 1 heterocycles. The van der Waals surface area contributed by atoms with Gasteiger partial charge in [-0.15, -0.1) is 0 Å². The number of ketones is 1. The van der Waals surface area contributed by atoms with Crippen LogP contribution in [0.3, 0.4) is 0 Å². The number of anilines is 1. The van der Waals surface area contributed by atoms with Crippen LogP contribution in [0.2, 0.25) is 5.02 Å². The van der Waals surface area contributed by atoms with Crippen molar-refractivity contribution in [2.75, 3.05) is 18.6 Å². The fourth-order valence-corrected chi connectivity index (χ4v) is 2.33. The van der Waals surface area contributed by atoms with E-state index in [-0.39, 0.29) is 6.54 Å². The number of rotatable bonds is 3. The molecule has 5 nitrogen and oxygen atoms in total.